The van der Waals surface area contributed by atoms with Crippen LogP contribution in [0.3, 0.4) is 0 Å². The van der Waals surface area contributed by atoms with Crippen molar-refractivity contribution in [1.29, 1.82) is 0 Å². The molecule has 1 aromatic rings. The van der Waals surface area contributed by atoms with Crippen LogP contribution in [0.1, 0.15) is 19.0 Å². The molecule has 1 aromatic heterocycles. The number of anilines is 1. The van der Waals surface area contributed by atoms with Crippen molar-refractivity contribution in [3.8, 4) is 0 Å². The summed E-state index contributed by atoms with van der Waals surface area (Å²) >= 11 is 0. The van der Waals surface area contributed by atoms with Crippen LogP contribution in [0.5, 0.6) is 0 Å². The van der Waals surface area contributed by atoms with Gasteiger partial charge in [0.1, 0.15) is 11.5 Å². The van der Waals surface area contributed by atoms with Crippen molar-refractivity contribution in [2.75, 3.05) is 11.9 Å². The van der Waals surface area contributed by atoms with Crippen molar-refractivity contribution in [3.05, 3.63) is 27.9 Å². The van der Waals surface area contributed by atoms with Crippen LogP contribution in [-0.2, 0) is 0 Å². The van der Waals surface area contributed by atoms with E-state index in [0.29, 0.717) is 5.69 Å². The highest BCUT2D eigenvalue weighted by Crippen LogP contribution is 2.37. The van der Waals surface area contributed by atoms with Crippen molar-refractivity contribution in [2.45, 2.75) is 20.3 Å². The first-order valence-corrected chi connectivity index (χ1v) is 5.44. The largest absolute Gasteiger partial charge is 0.370 e. The van der Waals surface area contributed by atoms with Gasteiger partial charge in [-0.15, -0.1) is 0 Å². The van der Waals surface area contributed by atoms with Gasteiger partial charge in [-0.3, -0.25) is 10.1 Å². The molecule has 0 radical (unpaired) electrons. The maximum atomic E-state index is 10.6. The first-order valence-electron chi connectivity index (χ1n) is 5.44. The first-order chi connectivity index (χ1) is 7.58. The lowest BCUT2D eigenvalue weighted by Gasteiger charge is -2.05. The Bertz CT molecular complexity index is 420. The summed E-state index contributed by atoms with van der Waals surface area (Å²) in [6, 6.07) is 3.17. The summed E-state index contributed by atoms with van der Waals surface area (Å²) in [5.41, 5.74) is 0.532. The monoisotopic (exact) mass is 221 g/mol. The Kier molecular flexibility index (Phi) is 2.77. The fraction of sp³-hybridized carbons (Fsp3) is 0.545. The van der Waals surface area contributed by atoms with Gasteiger partial charge in [-0.05, 0) is 31.2 Å². The summed E-state index contributed by atoms with van der Waals surface area (Å²) in [4.78, 5) is 14.4. The number of nitrogens with zero attached hydrogens (tertiary/aromatic N) is 2. The Morgan fingerprint density at radius 2 is 2.31 bits per heavy atom. The van der Waals surface area contributed by atoms with Gasteiger partial charge >= 0.3 is 0 Å². The van der Waals surface area contributed by atoms with Gasteiger partial charge in [-0.1, -0.05) is 6.92 Å². The van der Waals surface area contributed by atoms with E-state index < -0.39 is 4.92 Å². The second-order valence-electron chi connectivity index (χ2n) is 4.41. The molecule has 1 aliphatic rings. The van der Waals surface area contributed by atoms with Crippen LogP contribution in [-0.4, -0.2) is 16.5 Å². The number of aryl methyl sites for hydroxylation is 1. The van der Waals surface area contributed by atoms with E-state index >= 15 is 0 Å². The highest BCUT2D eigenvalue weighted by molar-refractivity contribution is 5.44. The van der Waals surface area contributed by atoms with E-state index in [-0.39, 0.29) is 5.69 Å². The van der Waals surface area contributed by atoms with Gasteiger partial charge in [0.2, 0.25) is 0 Å². The Morgan fingerprint density at radius 3 is 2.81 bits per heavy atom. The van der Waals surface area contributed by atoms with Crippen LogP contribution in [0, 0.1) is 28.9 Å². The van der Waals surface area contributed by atoms with E-state index in [1.165, 1.54) is 12.5 Å². The molecule has 0 aliphatic heterocycles. The molecule has 5 heteroatoms. The van der Waals surface area contributed by atoms with Crippen LogP contribution in [0.4, 0.5) is 11.5 Å². The number of nitrogens with one attached hydrogen (secondary N) is 1. The van der Waals surface area contributed by atoms with E-state index in [9.17, 15) is 10.1 Å². The lowest BCUT2D eigenvalue weighted by atomic mass is 10.3. The normalized spacial score (nSPS) is 22.9. The number of hydrogen-bond acceptors (Lipinski definition) is 4. The van der Waals surface area contributed by atoms with Gasteiger partial charge in [0.25, 0.3) is 5.69 Å². The Labute approximate surface area is 94.0 Å². The van der Waals surface area contributed by atoms with Gasteiger partial charge in [0, 0.05) is 12.6 Å². The smallest absolute Gasteiger partial charge is 0.290 e. The van der Waals surface area contributed by atoms with Crippen molar-refractivity contribution >= 4 is 11.5 Å². The maximum absolute atomic E-state index is 10.6. The van der Waals surface area contributed by atoms with Gasteiger partial charge < -0.3 is 5.32 Å². The fourth-order valence-electron chi connectivity index (χ4n) is 1.76. The average molecular weight is 221 g/mol. The minimum absolute atomic E-state index is 0.0744. The molecule has 2 rings (SSSR count). The Hall–Kier alpha value is -1.65. The molecular weight excluding hydrogens is 206 g/mol. The highest BCUT2D eigenvalue weighted by Gasteiger charge is 2.31. The summed E-state index contributed by atoms with van der Waals surface area (Å²) in [7, 11) is 0. The summed E-state index contributed by atoms with van der Waals surface area (Å²) < 4.78 is 0. The molecule has 1 fully saturated rings. The molecule has 0 bridgehead atoms. The molecule has 1 N–H and O–H groups in total. The summed E-state index contributed by atoms with van der Waals surface area (Å²) in [6.45, 7) is 4.79. The number of aromatic nitrogens is 1. The third-order valence-electron chi connectivity index (χ3n) is 3.08. The molecule has 1 saturated carbocycles. The number of hydrogen-bond donors (Lipinski definition) is 1. The van der Waals surface area contributed by atoms with E-state index in [1.807, 2.05) is 0 Å². The van der Waals surface area contributed by atoms with E-state index in [0.717, 1.165) is 24.2 Å². The zero-order chi connectivity index (χ0) is 11.7. The van der Waals surface area contributed by atoms with Crippen molar-refractivity contribution in [3.63, 3.8) is 0 Å². The summed E-state index contributed by atoms with van der Waals surface area (Å²) in [5, 5.41) is 13.8. The molecule has 0 amide bonds. The predicted octanol–water partition coefficient (Wildman–Crippen LogP) is 2.37. The fourth-order valence-corrected chi connectivity index (χ4v) is 1.76. The lowest BCUT2D eigenvalue weighted by molar-refractivity contribution is -0.385. The number of rotatable bonds is 4. The van der Waals surface area contributed by atoms with Crippen molar-refractivity contribution < 1.29 is 4.92 Å². The van der Waals surface area contributed by atoms with Gasteiger partial charge in [0.15, 0.2) is 0 Å². The van der Waals surface area contributed by atoms with Crippen molar-refractivity contribution in [1.82, 2.24) is 4.98 Å². The predicted molar refractivity (Wildman–Crippen MR) is 61.4 cm³/mol. The third-order valence-corrected chi connectivity index (χ3v) is 3.08. The van der Waals surface area contributed by atoms with Gasteiger partial charge in [-0.2, -0.15) is 0 Å². The molecule has 0 spiro atoms. The van der Waals surface area contributed by atoms with Crippen LogP contribution in [0.15, 0.2) is 12.1 Å². The van der Waals surface area contributed by atoms with Gasteiger partial charge in [0.05, 0.1) is 4.92 Å². The second-order valence-corrected chi connectivity index (χ2v) is 4.41. The standard InChI is InChI=1S/C11H15N3O2/c1-7-5-9(7)6-12-11-4-3-10(14(15)16)8(2)13-11/h3-4,7,9H,5-6H2,1-2H3,(H,12,13). The molecule has 5 nitrogen and oxygen atoms in total. The maximum Gasteiger partial charge on any atom is 0.290 e. The molecule has 1 aliphatic carbocycles. The van der Waals surface area contributed by atoms with Crippen LogP contribution >= 0.6 is 0 Å². The topological polar surface area (TPSA) is 68.1 Å². The molecule has 1 heterocycles. The van der Waals surface area contributed by atoms with E-state index in [1.54, 1.807) is 13.0 Å². The molecule has 0 aromatic carbocycles. The highest BCUT2D eigenvalue weighted by atomic mass is 16.6. The molecule has 2 atom stereocenters. The molecule has 0 saturated heterocycles. The second kappa shape index (κ2) is 4.08. The summed E-state index contributed by atoms with van der Waals surface area (Å²) in [6.07, 6.45) is 1.26. The Morgan fingerprint density at radius 1 is 1.62 bits per heavy atom. The Balaban J connectivity index is 2.00. The van der Waals surface area contributed by atoms with Crippen LogP contribution < -0.4 is 5.32 Å². The minimum atomic E-state index is -0.408. The number of nitro groups is 1. The SMILES string of the molecule is Cc1nc(NCC2CC2C)ccc1[N+](=O)[O-]. The van der Waals surface area contributed by atoms with Crippen molar-refractivity contribution in [2.24, 2.45) is 11.8 Å². The van der Waals surface area contributed by atoms with E-state index in [4.69, 9.17) is 0 Å². The van der Waals surface area contributed by atoms with Gasteiger partial charge in [-0.25, -0.2) is 4.98 Å². The molecule has 86 valence electrons. The van der Waals surface area contributed by atoms with E-state index in [2.05, 4.69) is 17.2 Å². The minimum Gasteiger partial charge on any atom is -0.370 e. The van der Waals surface area contributed by atoms with Crippen LogP contribution in [0.2, 0.25) is 0 Å². The molecule has 2 unspecified atom stereocenters. The first kappa shape index (κ1) is 10.9. The quantitative estimate of drug-likeness (QED) is 0.626. The third kappa shape index (κ3) is 2.29. The number of pyridine rings is 1. The molecular formula is C11H15N3O2. The van der Waals surface area contributed by atoms with Crippen LogP contribution in [0.25, 0.3) is 0 Å². The lowest BCUT2D eigenvalue weighted by Crippen LogP contribution is -2.07. The summed E-state index contributed by atoms with van der Waals surface area (Å²) in [5.74, 6) is 2.26. The average Bonchev–Trinajstić information content (AvgIpc) is 2.91. The zero-order valence-electron chi connectivity index (χ0n) is 9.43. The molecule has 16 heavy (non-hydrogen) atoms. The zero-order valence-corrected chi connectivity index (χ0v) is 9.43.